The van der Waals surface area contributed by atoms with Gasteiger partial charge in [-0.15, -0.1) is 11.3 Å². The minimum absolute atomic E-state index is 0.0729. The van der Waals surface area contributed by atoms with Gasteiger partial charge in [-0.2, -0.15) is 0 Å². The minimum atomic E-state index is -0.134. The number of aromatic amines is 1. The average molecular weight is 398 g/mol. The number of aromatic nitrogens is 2. The maximum Gasteiger partial charge on any atom is 0.290 e. The molecule has 0 aromatic carbocycles. The summed E-state index contributed by atoms with van der Waals surface area (Å²) in [6.07, 6.45) is 10.0. The van der Waals surface area contributed by atoms with Crippen LogP contribution in [0.15, 0.2) is 27.6 Å². The van der Waals surface area contributed by atoms with Gasteiger partial charge >= 0.3 is 0 Å². The van der Waals surface area contributed by atoms with Gasteiger partial charge in [-0.05, 0) is 56.2 Å². The van der Waals surface area contributed by atoms with Gasteiger partial charge in [0.2, 0.25) is 0 Å². The normalized spacial score (nSPS) is 17.1. The minimum Gasteiger partial charge on any atom is -0.459 e. The Morgan fingerprint density at radius 2 is 2.07 bits per heavy atom. The van der Waals surface area contributed by atoms with Crippen LogP contribution in [0.1, 0.15) is 65.3 Å². The monoisotopic (exact) mass is 397 g/mol. The Morgan fingerprint density at radius 1 is 1.25 bits per heavy atom. The predicted molar refractivity (Wildman–Crippen MR) is 108 cm³/mol. The first-order valence-electron chi connectivity index (χ1n) is 10.1. The van der Waals surface area contributed by atoms with Crippen molar-refractivity contribution in [2.75, 3.05) is 0 Å². The molecule has 2 aliphatic rings. The van der Waals surface area contributed by atoms with Gasteiger partial charge in [-0.3, -0.25) is 9.59 Å². The number of hydrogen-bond donors (Lipinski definition) is 1. The van der Waals surface area contributed by atoms with Crippen molar-refractivity contribution in [3.8, 4) is 0 Å². The van der Waals surface area contributed by atoms with Crippen LogP contribution in [0.2, 0.25) is 0 Å². The molecule has 0 atom stereocenters. The Labute approximate surface area is 166 Å². The number of thiophene rings is 1. The fourth-order valence-corrected chi connectivity index (χ4v) is 5.85. The smallest absolute Gasteiger partial charge is 0.290 e. The van der Waals surface area contributed by atoms with E-state index >= 15 is 0 Å². The predicted octanol–water partition coefficient (Wildman–Crippen LogP) is 4.04. The molecule has 146 valence electrons. The number of aryl methyl sites for hydroxylation is 2. The van der Waals surface area contributed by atoms with Crippen molar-refractivity contribution < 1.29 is 9.21 Å². The molecule has 3 aromatic heterocycles. The SMILES string of the molecule is O=C(c1ccco1)N(Cc1nc2sc3c(c2c(=O)[nH]1)CCCC3)C1CCCC1. The number of hydrogen-bond acceptors (Lipinski definition) is 5. The highest BCUT2D eigenvalue weighted by Crippen LogP contribution is 2.34. The van der Waals surface area contributed by atoms with E-state index < -0.39 is 0 Å². The van der Waals surface area contributed by atoms with E-state index in [-0.39, 0.29) is 17.5 Å². The Morgan fingerprint density at radius 3 is 2.86 bits per heavy atom. The Hall–Kier alpha value is -2.41. The summed E-state index contributed by atoms with van der Waals surface area (Å²) in [4.78, 5) is 37.5. The molecule has 1 fully saturated rings. The summed E-state index contributed by atoms with van der Waals surface area (Å²) in [5.74, 6) is 0.759. The van der Waals surface area contributed by atoms with E-state index in [9.17, 15) is 9.59 Å². The molecule has 0 radical (unpaired) electrons. The molecule has 28 heavy (non-hydrogen) atoms. The second-order valence-electron chi connectivity index (χ2n) is 7.75. The van der Waals surface area contributed by atoms with Crippen LogP contribution in [0.5, 0.6) is 0 Å². The molecule has 1 saturated carbocycles. The second-order valence-corrected chi connectivity index (χ2v) is 8.84. The van der Waals surface area contributed by atoms with Gasteiger partial charge in [-0.25, -0.2) is 4.98 Å². The topological polar surface area (TPSA) is 79.2 Å². The molecule has 0 unspecified atom stereocenters. The van der Waals surface area contributed by atoms with Crippen LogP contribution in [-0.2, 0) is 19.4 Å². The lowest BCUT2D eigenvalue weighted by Crippen LogP contribution is -2.39. The third kappa shape index (κ3) is 3.07. The van der Waals surface area contributed by atoms with Crippen LogP contribution in [0.25, 0.3) is 10.2 Å². The molecule has 3 heterocycles. The quantitative estimate of drug-likeness (QED) is 0.720. The van der Waals surface area contributed by atoms with Gasteiger partial charge in [0, 0.05) is 10.9 Å². The Balaban J connectivity index is 1.51. The van der Waals surface area contributed by atoms with Crippen molar-refractivity contribution in [1.82, 2.24) is 14.9 Å². The van der Waals surface area contributed by atoms with Crippen LogP contribution in [-0.4, -0.2) is 26.8 Å². The van der Waals surface area contributed by atoms with Crippen molar-refractivity contribution in [2.24, 2.45) is 0 Å². The highest BCUT2D eigenvalue weighted by Gasteiger charge is 2.30. The lowest BCUT2D eigenvalue weighted by Gasteiger charge is -2.27. The number of rotatable bonds is 4. The van der Waals surface area contributed by atoms with Gasteiger partial charge < -0.3 is 14.3 Å². The molecular formula is C21H23N3O3S. The van der Waals surface area contributed by atoms with Crippen molar-refractivity contribution >= 4 is 27.5 Å². The number of carbonyl (C=O) groups excluding carboxylic acids is 1. The molecule has 0 bridgehead atoms. The third-order valence-electron chi connectivity index (χ3n) is 5.95. The Kier molecular flexibility index (Phi) is 4.55. The van der Waals surface area contributed by atoms with Gasteiger partial charge in [0.15, 0.2) is 5.76 Å². The third-order valence-corrected chi connectivity index (χ3v) is 7.14. The van der Waals surface area contributed by atoms with Gasteiger partial charge in [0.05, 0.1) is 18.2 Å². The summed E-state index contributed by atoms with van der Waals surface area (Å²) in [6, 6.07) is 3.58. The molecular weight excluding hydrogens is 374 g/mol. The molecule has 7 heteroatoms. The van der Waals surface area contributed by atoms with Crippen LogP contribution in [0.4, 0.5) is 0 Å². The van der Waals surface area contributed by atoms with E-state index in [0.717, 1.165) is 55.2 Å². The van der Waals surface area contributed by atoms with E-state index in [1.807, 2.05) is 4.90 Å². The number of amides is 1. The van der Waals surface area contributed by atoms with Crippen LogP contribution in [0, 0.1) is 0 Å². The fourth-order valence-electron chi connectivity index (χ4n) is 4.57. The van der Waals surface area contributed by atoms with E-state index in [0.29, 0.717) is 18.1 Å². The summed E-state index contributed by atoms with van der Waals surface area (Å²) >= 11 is 1.64. The van der Waals surface area contributed by atoms with Crippen molar-refractivity contribution in [3.05, 3.63) is 50.8 Å². The lowest BCUT2D eigenvalue weighted by molar-refractivity contribution is 0.0626. The summed E-state index contributed by atoms with van der Waals surface area (Å²) in [5.41, 5.74) is 1.11. The molecule has 0 aliphatic heterocycles. The Bertz CT molecular complexity index is 1060. The van der Waals surface area contributed by atoms with E-state index in [1.165, 1.54) is 23.1 Å². The van der Waals surface area contributed by atoms with E-state index in [1.54, 1.807) is 23.5 Å². The highest BCUT2D eigenvalue weighted by atomic mass is 32.1. The largest absolute Gasteiger partial charge is 0.459 e. The zero-order valence-corrected chi connectivity index (χ0v) is 16.5. The first-order valence-corrected chi connectivity index (χ1v) is 10.9. The van der Waals surface area contributed by atoms with Crippen LogP contribution >= 0.6 is 11.3 Å². The van der Waals surface area contributed by atoms with Gasteiger partial charge in [0.25, 0.3) is 11.5 Å². The van der Waals surface area contributed by atoms with Gasteiger partial charge in [0.1, 0.15) is 10.7 Å². The molecule has 0 spiro atoms. The maximum absolute atomic E-state index is 13.0. The molecule has 5 rings (SSSR count). The second kappa shape index (κ2) is 7.20. The zero-order chi connectivity index (χ0) is 19.1. The number of nitrogens with one attached hydrogen (secondary N) is 1. The summed E-state index contributed by atoms with van der Waals surface area (Å²) < 4.78 is 5.34. The molecule has 1 N–H and O–H groups in total. The standard InChI is InChI=1S/C21H23N3O3S/c25-19-18-14-8-3-4-10-16(14)28-20(18)23-17(22-19)12-24(13-6-1-2-7-13)21(26)15-9-5-11-27-15/h5,9,11,13H,1-4,6-8,10,12H2,(H,22,23,25). The lowest BCUT2D eigenvalue weighted by atomic mass is 9.97. The summed E-state index contributed by atoms with van der Waals surface area (Å²) in [7, 11) is 0. The van der Waals surface area contributed by atoms with Crippen molar-refractivity contribution in [1.29, 1.82) is 0 Å². The molecule has 2 aliphatic carbocycles. The number of carbonyl (C=O) groups is 1. The molecule has 1 amide bonds. The van der Waals surface area contributed by atoms with Crippen LogP contribution in [0.3, 0.4) is 0 Å². The zero-order valence-electron chi connectivity index (χ0n) is 15.7. The number of furan rings is 1. The van der Waals surface area contributed by atoms with Crippen molar-refractivity contribution in [3.63, 3.8) is 0 Å². The number of H-pyrrole nitrogens is 1. The highest BCUT2D eigenvalue weighted by molar-refractivity contribution is 7.18. The molecule has 3 aromatic rings. The molecule has 0 saturated heterocycles. The number of fused-ring (bicyclic) bond motifs is 3. The first-order chi connectivity index (χ1) is 13.7. The first kappa shape index (κ1) is 17.7. The van der Waals surface area contributed by atoms with Crippen LogP contribution < -0.4 is 5.56 Å². The number of nitrogens with zero attached hydrogens (tertiary/aromatic N) is 2. The summed E-state index contributed by atoms with van der Waals surface area (Å²) in [5, 5.41) is 0.758. The molecule has 6 nitrogen and oxygen atoms in total. The average Bonchev–Trinajstić information content (AvgIpc) is 3.45. The van der Waals surface area contributed by atoms with Gasteiger partial charge in [-0.1, -0.05) is 12.8 Å². The maximum atomic E-state index is 13.0. The van der Waals surface area contributed by atoms with Crippen molar-refractivity contribution in [2.45, 2.75) is 64.0 Å². The van der Waals surface area contributed by atoms with E-state index in [2.05, 4.69) is 4.98 Å². The fraction of sp³-hybridized carbons (Fsp3) is 0.476. The van der Waals surface area contributed by atoms with E-state index in [4.69, 9.17) is 9.40 Å². The summed E-state index contributed by atoms with van der Waals surface area (Å²) in [6.45, 7) is 0.304.